The monoisotopic (exact) mass is 752 g/mol. The van der Waals surface area contributed by atoms with E-state index >= 15 is 8.78 Å². The predicted octanol–water partition coefficient (Wildman–Crippen LogP) is 8.04. The van der Waals surface area contributed by atoms with E-state index in [1.54, 1.807) is 18.3 Å². The van der Waals surface area contributed by atoms with Gasteiger partial charge in [-0.3, -0.25) is 4.98 Å². The Kier molecular flexibility index (Phi) is 8.94. The summed E-state index contributed by atoms with van der Waals surface area (Å²) in [6.45, 7) is 10.4. The van der Waals surface area contributed by atoms with E-state index in [9.17, 15) is 5.11 Å². The van der Waals surface area contributed by atoms with Crippen LogP contribution in [0.1, 0.15) is 89.5 Å². The molecule has 2 aliphatic carbocycles. The van der Waals surface area contributed by atoms with Gasteiger partial charge in [0.05, 0.1) is 24.2 Å². The van der Waals surface area contributed by atoms with Crippen molar-refractivity contribution < 1.29 is 23.4 Å². The average Bonchev–Trinajstić information content (AvgIpc) is 3.95. The molecule has 9 nitrogen and oxygen atoms in total. The highest BCUT2D eigenvalue weighted by molar-refractivity contribution is 6.01. The van der Waals surface area contributed by atoms with Crippen LogP contribution in [0.15, 0.2) is 30.5 Å². The quantitative estimate of drug-likeness (QED) is 0.183. The van der Waals surface area contributed by atoms with Crippen molar-refractivity contribution in [2.24, 2.45) is 10.8 Å². The molecule has 6 fully saturated rings. The number of aromatic nitrogens is 3. The molecule has 2 spiro atoms. The fourth-order valence-corrected chi connectivity index (χ4v) is 10.8. The molecule has 6 aliphatic rings. The van der Waals surface area contributed by atoms with Gasteiger partial charge in [0.15, 0.2) is 5.82 Å². The van der Waals surface area contributed by atoms with Gasteiger partial charge >= 0.3 is 6.01 Å². The van der Waals surface area contributed by atoms with Crippen molar-refractivity contribution in [3.8, 4) is 23.0 Å². The molecule has 0 bridgehead atoms. The summed E-state index contributed by atoms with van der Waals surface area (Å²) >= 11 is 0. The molecule has 0 radical (unpaired) electrons. The van der Waals surface area contributed by atoms with Gasteiger partial charge in [0, 0.05) is 49.3 Å². The molecule has 2 aromatic heterocycles. The second-order valence-electron chi connectivity index (χ2n) is 18.0. The van der Waals surface area contributed by atoms with Crippen molar-refractivity contribution in [3.63, 3.8) is 0 Å². The van der Waals surface area contributed by atoms with Crippen molar-refractivity contribution in [3.05, 3.63) is 47.7 Å². The van der Waals surface area contributed by atoms with Crippen LogP contribution in [-0.4, -0.2) is 101 Å². The standard InChI is InChI=1S/C44H54F2N6O3/c1-2-32-35(45)8-7-29-21-31(53)22-33(36(29)32)38-37(46)39-34(25-47-38)40(52-17-6-9-44(27-52)14-20-55-44)49-41(48-39)54-28-43(10-11-43)26-50-18-12-42(13-19-50)23-30(24-42)51-15-4-3-5-16-51/h7-8,21-22,25,30,53H,2-6,9-20,23-24,26-28H2,1H3/t44-/m0/s1. The number of aromatic hydroxyl groups is 1. The number of ether oxygens (including phenoxy) is 2. The molecule has 10 rings (SSSR count). The van der Waals surface area contributed by atoms with Gasteiger partial charge < -0.3 is 29.3 Å². The lowest BCUT2D eigenvalue weighted by molar-refractivity contribution is -0.151. The fourth-order valence-electron chi connectivity index (χ4n) is 10.8. The molecule has 11 heteroatoms. The summed E-state index contributed by atoms with van der Waals surface area (Å²) in [5, 5.41) is 12.4. The third kappa shape index (κ3) is 6.52. The van der Waals surface area contributed by atoms with Crippen LogP contribution >= 0.6 is 0 Å². The maximum atomic E-state index is 17.1. The lowest BCUT2D eigenvalue weighted by atomic mass is 9.59. The van der Waals surface area contributed by atoms with E-state index in [0.29, 0.717) is 58.1 Å². The van der Waals surface area contributed by atoms with Crippen LogP contribution in [0.25, 0.3) is 32.9 Å². The number of anilines is 1. The van der Waals surface area contributed by atoms with E-state index in [4.69, 9.17) is 19.4 Å². The van der Waals surface area contributed by atoms with Crippen LogP contribution in [-0.2, 0) is 11.2 Å². The van der Waals surface area contributed by atoms with Gasteiger partial charge in [-0.15, -0.1) is 0 Å². The fraction of sp³-hybridized carbons (Fsp3) is 0.614. The summed E-state index contributed by atoms with van der Waals surface area (Å²) < 4.78 is 44.8. The minimum Gasteiger partial charge on any atom is -0.508 e. The number of nitrogens with zero attached hydrogens (tertiary/aromatic N) is 6. The second-order valence-corrected chi connectivity index (χ2v) is 18.0. The Morgan fingerprint density at radius 2 is 1.73 bits per heavy atom. The summed E-state index contributed by atoms with van der Waals surface area (Å²) in [6.07, 6.45) is 16.6. The van der Waals surface area contributed by atoms with Gasteiger partial charge in [0.1, 0.15) is 28.6 Å². The first-order valence-corrected chi connectivity index (χ1v) is 21.0. The molecule has 4 aliphatic heterocycles. The van der Waals surface area contributed by atoms with E-state index in [0.717, 1.165) is 70.9 Å². The van der Waals surface area contributed by atoms with Crippen LogP contribution in [0.5, 0.6) is 11.8 Å². The number of hydrogen-bond donors (Lipinski definition) is 1. The first-order valence-electron chi connectivity index (χ1n) is 21.0. The zero-order chi connectivity index (χ0) is 37.4. The highest BCUT2D eigenvalue weighted by atomic mass is 19.1. The molecule has 4 saturated heterocycles. The van der Waals surface area contributed by atoms with Gasteiger partial charge in [-0.2, -0.15) is 9.97 Å². The van der Waals surface area contributed by atoms with Crippen molar-refractivity contribution in [2.45, 2.75) is 102 Å². The zero-order valence-corrected chi connectivity index (χ0v) is 32.2. The lowest BCUT2D eigenvalue weighted by Gasteiger charge is -2.56. The van der Waals surface area contributed by atoms with Crippen LogP contribution < -0.4 is 9.64 Å². The molecular formula is C44H54F2N6O3. The van der Waals surface area contributed by atoms with Gasteiger partial charge in [0.25, 0.3) is 0 Å². The molecule has 1 N–H and O–H groups in total. The Hall–Kier alpha value is -3.67. The van der Waals surface area contributed by atoms with E-state index < -0.39 is 5.82 Å². The number of rotatable bonds is 9. The summed E-state index contributed by atoms with van der Waals surface area (Å²) in [5.41, 5.74) is 1.30. The number of hydrogen-bond acceptors (Lipinski definition) is 9. The van der Waals surface area contributed by atoms with E-state index in [-0.39, 0.29) is 39.8 Å². The Balaban J connectivity index is 0.920. The maximum Gasteiger partial charge on any atom is 0.319 e. The zero-order valence-electron chi connectivity index (χ0n) is 32.2. The third-order valence-electron chi connectivity index (χ3n) is 14.4. The van der Waals surface area contributed by atoms with Gasteiger partial charge in [-0.05, 0) is 137 Å². The van der Waals surface area contributed by atoms with Crippen molar-refractivity contribution in [1.82, 2.24) is 24.8 Å². The Labute approximate surface area is 322 Å². The molecule has 4 aromatic rings. The smallest absolute Gasteiger partial charge is 0.319 e. The normalized spacial score (nSPS) is 25.4. The van der Waals surface area contributed by atoms with E-state index in [2.05, 4.69) is 19.7 Å². The third-order valence-corrected chi connectivity index (χ3v) is 14.4. The molecule has 6 heterocycles. The number of fused-ring (bicyclic) bond motifs is 2. The minimum atomic E-state index is -0.641. The largest absolute Gasteiger partial charge is 0.508 e. The lowest BCUT2D eigenvalue weighted by Crippen LogP contribution is -2.56. The van der Waals surface area contributed by atoms with Crippen molar-refractivity contribution >= 4 is 27.5 Å². The predicted molar refractivity (Wildman–Crippen MR) is 210 cm³/mol. The average molecular weight is 753 g/mol. The number of piperidine rings is 3. The highest BCUT2D eigenvalue weighted by Gasteiger charge is 2.50. The van der Waals surface area contributed by atoms with Gasteiger partial charge in [-0.1, -0.05) is 19.4 Å². The van der Waals surface area contributed by atoms with E-state index in [1.165, 1.54) is 70.2 Å². The molecule has 0 amide bonds. The number of phenolic OH excluding ortho intramolecular Hbond substituents is 1. The van der Waals surface area contributed by atoms with Crippen LogP contribution in [0, 0.1) is 22.5 Å². The molecule has 0 unspecified atom stereocenters. The molecule has 1 atom stereocenters. The van der Waals surface area contributed by atoms with Crippen molar-refractivity contribution in [2.75, 3.05) is 63.9 Å². The Bertz CT molecular complexity index is 2100. The molecular weight excluding hydrogens is 699 g/mol. The van der Waals surface area contributed by atoms with Crippen LogP contribution in [0.2, 0.25) is 0 Å². The Morgan fingerprint density at radius 3 is 2.45 bits per heavy atom. The first kappa shape index (κ1) is 35.7. The Morgan fingerprint density at radius 1 is 0.927 bits per heavy atom. The molecule has 2 saturated carbocycles. The van der Waals surface area contributed by atoms with Crippen LogP contribution in [0.3, 0.4) is 0 Å². The SMILES string of the molecule is CCc1c(F)ccc2cc(O)cc(-c3ncc4c(N5CCC[C@]6(CCO6)C5)nc(OCC5(CN6CCC7(CC6)CC(N6CCCCC6)C7)CC5)nc4c3F)c12. The molecule has 55 heavy (non-hydrogen) atoms. The van der Waals surface area contributed by atoms with Gasteiger partial charge in [0.2, 0.25) is 0 Å². The number of likely N-dealkylation sites (tertiary alicyclic amines) is 2. The summed E-state index contributed by atoms with van der Waals surface area (Å²) in [4.78, 5) is 22.0. The number of pyridine rings is 1. The van der Waals surface area contributed by atoms with Crippen LogP contribution in [0.4, 0.5) is 14.6 Å². The summed E-state index contributed by atoms with van der Waals surface area (Å²) in [6, 6.07) is 7.02. The minimum absolute atomic E-state index is 0.0111. The number of phenols is 1. The number of benzene rings is 2. The number of aryl methyl sites for hydroxylation is 1. The molecule has 292 valence electrons. The maximum absolute atomic E-state index is 17.1. The highest BCUT2D eigenvalue weighted by Crippen LogP contribution is 2.53. The molecule has 2 aromatic carbocycles. The number of halogens is 2. The second kappa shape index (κ2) is 13.8. The topological polar surface area (TPSA) is 87.1 Å². The first-order chi connectivity index (χ1) is 26.7. The summed E-state index contributed by atoms with van der Waals surface area (Å²) in [7, 11) is 0. The summed E-state index contributed by atoms with van der Waals surface area (Å²) in [5.74, 6) is -0.457. The van der Waals surface area contributed by atoms with Crippen molar-refractivity contribution in [1.29, 1.82) is 0 Å². The van der Waals surface area contributed by atoms with Gasteiger partial charge in [-0.25, -0.2) is 8.78 Å². The van der Waals surface area contributed by atoms with E-state index in [1.807, 2.05) is 6.92 Å².